The Morgan fingerprint density at radius 3 is 2.88 bits per heavy atom. The van der Waals surface area contributed by atoms with Crippen molar-refractivity contribution >= 4 is 16.9 Å². The Labute approximate surface area is 101 Å². The van der Waals surface area contributed by atoms with Crippen LogP contribution in [-0.2, 0) is 0 Å². The molecule has 1 atom stereocenters. The highest BCUT2D eigenvalue weighted by molar-refractivity contribution is 5.96. The van der Waals surface area contributed by atoms with E-state index < -0.39 is 0 Å². The number of benzene rings is 1. The molecule has 1 aromatic carbocycles. The first-order chi connectivity index (χ1) is 8.11. The largest absolute Gasteiger partial charge is 0.451 e. The molecule has 0 radical (unpaired) electrons. The van der Waals surface area contributed by atoms with Crippen LogP contribution >= 0.6 is 0 Å². The van der Waals surface area contributed by atoms with Gasteiger partial charge >= 0.3 is 0 Å². The summed E-state index contributed by atoms with van der Waals surface area (Å²) in [5.74, 6) is 0.240. The summed E-state index contributed by atoms with van der Waals surface area (Å²) in [6.45, 7) is 5.99. The van der Waals surface area contributed by atoms with Crippen LogP contribution in [-0.4, -0.2) is 11.9 Å². The number of fused-ring (bicyclic) bond motifs is 1. The van der Waals surface area contributed by atoms with Gasteiger partial charge in [0.2, 0.25) is 0 Å². The van der Waals surface area contributed by atoms with Crippen molar-refractivity contribution in [2.45, 2.75) is 33.2 Å². The average molecular weight is 231 g/mol. The standard InChI is InChI=1S/C14H17NO2/c1-4-10(3)15-14(16)12-8-11-7-5-6-9(2)13(11)17-12/h5-8,10H,4H2,1-3H3,(H,15,16). The lowest BCUT2D eigenvalue weighted by Crippen LogP contribution is -2.31. The van der Waals surface area contributed by atoms with Crippen LogP contribution in [0.25, 0.3) is 11.0 Å². The molecule has 0 bridgehead atoms. The van der Waals surface area contributed by atoms with Gasteiger partial charge in [-0.3, -0.25) is 4.79 Å². The topological polar surface area (TPSA) is 42.2 Å². The number of aryl methyl sites for hydroxylation is 1. The van der Waals surface area contributed by atoms with Crippen molar-refractivity contribution in [2.24, 2.45) is 0 Å². The molecule has 1 unspecified atom stereocenters. The Morgan fingerprint density at radius 2 is 2.24 bits per heavy atom. The van der Waals surface area contributed by atoms with Gasteiger partial charge in [0.1, 0.15) is 5.58 Å². The van der Waals surface area contributed by atoms with Gasteiger partial charge in [-0.15, -0.1) is 0 Å². The summed E-state index contributed by atoms with van der Waals surface area (Å²) < 4.78 is 5.59. The first kappa shape index (κ1) is 11.7. The zero-order valence-electron chi connectivity index (χ0n) is 10.4. The number of amides is 1. The third kappa shape index (κ3) is 2.33. The van der Waals surface area contributed by atoms with E-state index in [1.165, 1.54) is 0 Å². The first-order valence-corrected chi connectivity index (χ1v) is 5.92. The van der Waals surface area contributed by atoms with Gasteiger partial charge < -0.3 is 9.73 Å². The molecule has 1 amide bonds. The van der Waals surface area contributed by atoms with E-state index in [0.29, 0.717) is 5.76 Å². The molecule has 3 nitrogen and oxygen atoms in total. The minimum Gasteiger partial charge on any atom is -0.451 e. The predicted molar refractivity (Wildman–Crippen MR) is 68.2 cm³/mol. The molecule has 1 N–H and O–H groups in total. The molecular formula is C14H17NO2. The highest BCUT2D eigenvalue weighted by Crippen LogP contribution is 2.22. The van der Waals surface area contributed by atoms with E-state index in [1.807, 2.05) is 39.0 Å². The van der Waals surface area contributed by atoms with Crippen LogP contribution in [0.15, 0.2) is 28.7 Å². The quantitative estimate of drug-likeness (QED) is 0.880. The Hall–Kier alpha value is -1.77. The normalized spacial score (nSPS) is 12.6. The maximum absolute atomic E-state index is 11.9. The number of rotatable bonds is 3. The van der Waals surface area contributed by atoms with Crippen LogP contribution in [0.1, 0.15) is 36.4 Å². The Morgan fingerprint density at radius 1 is 1.47 bits per heavy atom. The molecule has 1 heterocycles. The van der Waals surface area contributed by atoms with Gasteiger partial charge in [-0.1, -0.05) is 25.1 Å². The molecule has 0 spiro atoms. The minimum atomic E-state index is -0.144. The van der Waals surface area contributed by atoms with Crippen molar-refractivity contribution in [1.82, 2.24) is 5.32 Å². The van der Waals surface area contributed by atoms with Gasteiger partial charge in [-0.25, -0.2) is 0 Å². The molecule has 0 saturated carbocycles. The summed E-state index contributed by atoms with van der Waals surface area (Å²) in [6.07, 6.45) is 0.908. The van der Waals surface area contributed by atoms with E-state index in [-0.39, 0.29) is 11.9 Å². The number of hydrogen-bond donors (Lipinski definition) is 1. The van der Waals surface area contributed by atoms with E-state index in [9.17, 15) is 4.79 Å². The molecule has 2 aromatic rings. The Bertz CT molecular complexity index is 542. The van der Waals surface area contributed by atoms with Crippen LogP contribution in [0.4, 0.5) is 0 Å². The fourth-order valence-electron chi connectivity index (χ4n) is 1.72. The lowest BCUT2D eigenvalue weighted by Gasteiger charge is -2.08. The molecule has 0 aliphatic rings. The van der Waals surface area contributed by atoms with E-state index in [4.69, 9.17) is 4.42 Å². The highest BCUT2D eigenvalue weighted by Gasteiger charge is 2.14. The van der Waals surface area contributed by atoms with Gasteiger partial charge in [-0.2, -0.15) is 0 Å². The maximum atomic E-state index is 11.9. The Kier molecular flexibility index (Phi) is 3.18. The number of furan rings is 1. The van der Waals surface area contributed by atoms with Crippen molar-refractivity contribution in [2.75, 3.05) is 0 Å². The van der Waals surface area contributed by atoms with Gasteiger partial charge in [0.05, 0.1) is 0 Å². The van der Waals surface area contributed by atoms with E-state index in [2.05, 4.69) is 5.32 Å². The van der Waals surface area contributed by atoms with Crippen molar-refractivity contribution in [3.05, 3.63) is 35.6 Å². The molecular weight excluding hydrogens is 214 g/mol. The zero-order chi connectivity index (χ0) is 12.4. The van der Waals surface area contributed by atoms with E-state index in [1.54, 1.807) is 6.07 Å². The maximum Gasteiger partial charge on any atom is 0.287 e. The van der Waals surface area contributed by atoms with Gasteiger partial charge in [0.15, 0.2) is 5.76 Å². The Balaban J connectivity index is 2.30. The molecule has 0 aliphatic heterocycles. The summed E-state index contributed by atoms with van der Waals surface area (Å²) in [4.78, 5) is 11.9. The molecule has 90 valence electrons. The second kappa shape index (κ2) is 4.62. The molecule has 2 rings (SSSR count). The summed E-state index contributed by atoms with van der Waals surface area (Å²) in [7, 11) is 0. The van der Waals surface area contributed by atoms with Gasteiger partial charge in [-0.05, 0) is 31.9 Å². The fourth-order valence-corrected chi connectivity index (χ4v) is 1.72. The zero-order valence-corrected chi connectivity index (χ0v) is 10.4. The first-order valence-electron chi connectivity index (χ1n) is 5.92. The van der Waals surface area contributed by atoms with Crippen LogP contribution in [0.2, 0.25) is 0 Å². The molecule has 0 aliphatic carbocycles. The molecule has 0 saturated heterocycles. The monoisotopic (exact) mass is 231 g/mol. The highest BCUT2D eigenvalue weighted by atomic mass is 16.3. The lowest BCUT2D eigenvalue weighted by molar-refractivity contribution is 0.0913. The summed E-state index contributed by atoms with van der Waals surface area (Å²) in [5.41, 5.74) is 1.84. The number of carbonyl (C=O) groups excluding carboxylic acids is 1. The van der Waals surface area contributed by atoms with Crippen molar-refractivity contribution in [3.8, 4) is 0 Å². The fraction of sp³-hybridized carbons (Fsp3) is 0.357. The summed E-state index contributed by atoms with van der Waals surface area (Å²) in [5, 5.41) is 3.87. The lowest BCUT2D eigenvalue weighted by atomic mass is 10.2. The molecule has 17 heavy (non-hydrogen) atoms. The number of hydrogen-bond acceptors (Lipinski definition) is 2. The summed E-state index contributed by atoms with van der Waals surface area (Å²) in [6, 6.07) is 7.84. The molecule has 3 heteroatoms. The predicted octanol–water partition coefficient (Wildman–Crippen LogP) is 3.27. The van der Waals surface area contributed by atoms with Gasteiger partial charge in [0, 0.05) is 11.4 Å². The van der Waals surface area contributed by atoms with E-state index in [0.717, 1.165) is 23.0 Å². The third-order valence-electron chi connectivity index (χ3n) is 2.95. The van der Waals surface area contributed by atoms with Crippen LogP contribution < -0.4 is 5.32 Å². The minimum absolute atomic E-state index is 0.144. The van der Waals surface area contributed by atoms with Crippen molar-refractivity contribution in [1.29, 1.82) is 0 Å². The van der Waals surface area contributed by atoms with Crippen LogP contribution in [0.3, 0.4) is 0 Å². The SMILES string of the molecule is CCC(C)NC(=O)c1cc2cccc(C)c2o1. The number of nitrogens with one attached hydrogen (secondary N) is 1. The second-order valence-corrected chi connectivity index (χ2v) is 4.39. The van der Waals surface area contributed by atoms with Crippen molar-refractivity contribution < 1.29 is 9.21 Å². The van der Waals surface area contributed by atoms with Gasteiger partial charge in [0.25, 0.3) is 5.91 Å². The number of para-hydroxylation sites is 1. The average Bonchev–Trinajstić information content (AvgIpc) is 2.74. The molecule has 0 fully saturated rings. The van der Waals surface area contributed by atoms with Crippen LogP contribution in [0.5, 0.6) is 0 Å². The smallest absolute Gasteiger partial charge is 0.287 e. The summed E-state index contributed by atoms with van der Waals surface area (Å²) >= 11 is 0. The third-order valence-corrected chi connectivity index (χ3v) is 2.95. The van der Waals surface area contributed by atoms with Crippen LogP contribution in [0, 0.1) is 6.92 Å². The molecule has 1 aromatic heterocycles. The van der Waals surface area contributed by atoms with E-state index >= 15 is 0 Å². The van der Waals surface area contributed by atoms with Crippen molar-refractivity contribution in [3.63, 3.8) is 0 Å². The second-order valence-electron chi connectivity index (χ2n) is 4.39. The number of carbonyl (C=O) groups is 1.